The molecule has 19 heavy (non-hydrogen) atoms. The van der Waals surface area contributed by atoms with Gasteiger partial charge in [0.15, 0.2) is 11.5 Å². The number of anilines is 1. The fraction of sp³-hybridized carbons (Fsp3) is 0.0833. The molecule has 0 aliphatic carbocycles. The monoisotopic (exact) mass is 281 g/mol. The Bertz CT molecular complexity index is 622. The van der Waals surface area contributed by atoms with Crippen LogP contribution in [0.15, 0.2) is 30.6 Å². The van der Waals surface area contributed by atoms with Crippen LogP contribution >= 0.6 is 11.6 Å². The second-order valence-corrected chi connectivity index (χ2v) is 4.01. The van der Waals surface area contributed by atoms with E-state index in [9.17, 15) is 9.18 Å². The van der Waals surface area contributed by atoms with Crippen molar-refractivity contribution in [3.63, 3.8) is 0 Å². The Balaban J connectivity index is 2.07. The molecule has 0 bridgehead atoms. The predicted octanol–water partition coefficient (Wildman–Crippen LogP) is 2.21. The third-order valence-electron chi connectivity index (χ3n) is 2.29. The van der Waals surface area contributed by atoms with Gasteiger partial charge in [0.25, 0.3) is 0 Å². The molecule has 0 atom stereocenters. The lowest BCUT2D eigenvalue weighted by atomic mass is 10.2. The van der Waals surface area contributed by atoms with Gasteiger partial charge in [-0.25, -0.2) is 19.2 Å². The number of rotatable bonds is 3. The zero-order valence-electron chi connectivity index (χ0n) is 9.64. The number of nitrogens with two attached hydrogens (primary N) is 1. The number of hydrogen-bond donors (Lipinski definition) is 1. The standard InChI is InChI=1S/C12H9ClFN3O2/c13-9-5-8(14)2-1-7(9)6-19-12(18)10-11(15)17-4-3-16-10/h1-5H,6H2,(H2,15,17). The second kappa shape index (κ2) is 5.62. The molecule has 1 aromatic carbocycles. The molecule has 0 aliphatic heterocycles. The maximum Gasteiger partial charge on any atom is 0.361 e. The highest BCUT2D eigenvalue weighted by Gasteiger charge is 2.14. The number of nitrogens with zero attached hydrogens (tertiary/aromatic N) is 2. The highest BCUT2D eigenvalue weighted by Crippen LogP contribution is 2.18. The Morgan fingerprint density at radius 1 is 1.37 bits per heavy atom. The molecule has 0 radical (unpaired) electrons. The zero-order chi connectivity index (χ0) is 13.8. The van der Waals surface area contributed by atoms with Crippen LogP contribution in [0.5, 0.6) is 0 Å². The molecule has 0 saturated carbocycles. The van der Waals surface area contributed by atoms with Gasteiger partial charge in [0.05, 0.1) is 5.02 Å². The summed E-state index contributed by atoms with van der Waals surface area (Å²) in [4.78, 5) is 19.2. The molecule has 0 fully saturated rings. The highest BCUT2D eigenvalue weighted by atomic mass is 35.5. The Labute approximate surface area is 113 Å². The number of hydrogen-bond acceptors (Lipinski definition) is 5. The van der Waals surface area contributed by atoms with Crippen molar-refractivity contribution in [3.8, 4) is 0 Å². The minimum absolute atomic E-state index is 0.0160. The summed E-state index contributed by atoms with van der Waals surface area (Å²) in [5, 5.41) is 0.180. The number of benzene rings is 1. The van der Waals surface area contributed by atoms with Crippen molar-refractivity contribution in [2.75, 3.05) is 5.73 Å². The van der Waals surface area contributed by atoms with Gasteiger partial charge in [-0.15, -0.1) is 0 Å². The van der Waals surface area contributed by atoms with Crippen LogP contribution in [0.4, 0.5) is 10.2 Å². The molecule has 2 N–H and O–H groups in total. The molecule has 0 amide bonds. The van der Waals surface area contributed by atoms with Gasteiger partial charge in [-0.05, 0) is 12.1 Å². The van der Waals surface area contributed by atoms with Crippen LogP contribution in [-0.2, 0) is 11.3 Å². The van der Waals surface area contributed by atoms with Gasteiger partial charge in [-0.3, -0.25) is 0 Å². The van der Waals surface area contributed by atoms with Crippen molar-refractivity contribution < 1.29 is 13.9 Å². The lowest BCUT2D eigenvalue weighted by Gasteiger charge is -2.07. The van der Waals surface area contributed by atoms with Gasteiger partial charge < -0.3 is 10.5 Å². The van der Waals surface area contributed by atoms with E-state index in [4.69, 9.17) is 22.1 Å². The molecule has 1 aromatic heterocycles. The van der Waals surface area contributed by atoms with Crippen LogP contribution in [0, 0.1) is 5.82 Å². The molecule has 98 valence electrons. The first kappa shape index (κ1) is 13.2. The molecule has 0 unspecified atom stereocenters. The Kier molecular flexibility index (Phi) is 3.91. The van der Waals surface area contributed by atoms with Crippen molar-refractivity contribution >= 4 is 23.4 Å². The molecule has 0 saturated heterocycles. The number of nitrogen functional groups attached to an aromatic ring is 1. The summed E-state index contributed by atoms with van der Waals surface area (Å²) < 4.78 is 17.8. The maximum atomic E-state index is 12.8. The number of aromatic nitrogens is 2. The largest absolute Gasteiger partial charge is 0.456 e. The van der Waals surface area contributed by atoms with Crippen molar-refractivity contribution in [2.45, 2.75) is 6.61 Å². The summed E-state index contributed by atoms with van der Waals surface area (Å²) in [6, 6.07) is 3.80. The molecule has 1 heterocycles. The third-order valence-corrected chi connectivity index (χ3v) is 2.65. The summed E-state index contributed by atoms with van der Waals surface area (Å²) in [5.74, 6) is -1.19. The lowest BCUT2D eigenvalue weighted by Crippen LogP contribution is -2.11. The minimum atomic E-state index is -0.717. The van der Waals surface area contributed by atoms with Crippen molar-refractivity contribution in [1.82, 2.24) is 9.97 Å². The third kappa shape index (κ3) is 3.17. The Morgan fingerprint density at radius 3 is 2.79 bits per heavy atom. The van der Waals surface area contributed by atoms with Crippen LogP contribution in [0.2, 0.25) is 5.02 Å². The minimum Gasteiger partial charge on any atom is -0.456 e. The van der Waals surface area contributed by atoms with Gasteiger partial charge in [0, 0.05) is 18.0 Å². The molecule has 0 aliphatic rings. The molecule has 7 heteroatoms. The van der Waals surface area contributed by atoms with E-state index < -0.39 is 11.8 Å². The van der Waals surface area contributed by atoms with Gasteiger partial charge >= 0.3 is 5.97 Å². The quantitative estimate of drug-likeness (QED) is 0.873. The van der Waals surface area contributed by atoms with E-state index in [2.05, 4.69) is 9.97 Å². The van der Waals surface area contributed by atoms with Crippen LogP contribution in [0.25, 0.3) is 0 Å². The van der Waals surface area contributed by atoms with Crippen LogP contribution in [-0.4, -0.2) is 15.9 Å². The van der Waals surface area contributed by atoms with E-state index in [0.29, 0.717) is 5.56 Å². The molecular formula is C12H9ClFN3O2. The van der Waals surface area contributed by atoms with Crippen LogP contribution in [0.1, 0.15) is 16.1 Å². The van der Waals surface area contributed by atoms with Crippen LogP contribution < -0.4 is 5.73 Å². The van der Waals surface area contributed by atoms with E-state index in [1.54, 1.807) is 0 Å². The van der Waals surface area contributed by atoms with E-state index >= 15 is 0 Å². The molecule has 5 nitrogen and oxygen atoms in total. The topological polar surface area (TPSA) is 78.1 Å². The van der Waals surface area contributed by atoms with E-state index in [1.165, 1.54) is 24.5 Å². The van der Waals surface area contributed by atoms with Gasteiger partial charge in [0.1, 0.15) is 12.4 Å². The first-order valence-corrected chi connectivity index (χ1v) is 5.63. The fourth-order valence-electron chi connectivity index (χ4n) is 1.36. The SMILES string of the molecule is Nc1nccnc1C(=O)OCc1ccc(F)cc1Cl. The van der Waals surface area contributed by atoms with Gasteiger partial charge in [0.2, 0.25) is 0 Å². The molecule has 2 rings (SSSR count). The smallest absolute Gasteiger partial charge is 0.361 e. The fourth-order valence-corrected chi connectivity index (χ4v) is 1.58. The molecular weight excluding hydrogens is 273 g/mol. The highest BCUT2D eigenvalue weighted by molar-refractivity contribution is 6.31. The van der Waals surface area contributed by atoms with E-state index in [-0.39, 0.29) is 23.1 Å². The van der Waals surface area contributed by atoms with Crippen molar-refractivity contribution in [2.24, 2.45) is 0 Å². The zero-order valence-corrected chi connectivity index (χ0v) is 10.4. The van der Waals surface area contributed by atoms with Gasteiger partial charge in [-0.2, -0.15) is 0 Å². The van der Waals surface area contributed by atoms with E-state index in [0.717, 1.165) is 6.07 Å². The predicted molar refractivity (Wildman–Crippen MR) is 67.0 cm³/mol. The van der Waals surface area contributed by atoms with Gasteiger partial charge in [-0.1, -0.05) is 17.7 Å². The van der Waals surface area contributed by atoms with Crippen molar-refractivity contribution in [1.29, 1.82) is 0 Å². The summed E-state index contributed by atoms with van der Waals surface area (Å²) in [5.41, 5.74) is 5.91. The van der Waals surface area contributed by atoms with Crippen molar-refractivity contribution in [3.05, 3.63) is 52.7 Å². The molecule has 2 aromatic rings. The number of carbonyl (C=O) groups is 1. The summed E-state index contributed by atoms with van der Waals surface area (Å²) in [7, 11) is 0. The van der Waals surface area contributed by atoms with E-state index in [1.807, 2.05) is 0 Å². The number of halogens is 2. The number of ether oxygens (including phenoxy) is 1. The average Bonchev–Trinajstić information content (AvgIpc) is 2.38. The first-order chi connectivity index (χ1) is 9.08. The first-order valence-electron chi connectivity index (χ1n) is 5.25. The Morgan fingerprint density at radius 2 is 2.11 bits per heavy atom. The van der Waals surface area contributed by atoms with Crippen LogP contribution in [0.3, 0.4) is 0 Å². The summed E-state index contributed by atoms with van der Waals surface area (Å²) in [6.45, 7) is -0.103. The Hall–Kier alpha value is -2.21. The summed E-state index contributed by atoms with van der Waals surface area (Å²) in [6.07, 6.45) is 2.70. The normalized spacial score (nSPS) is 10.2. The molecule has 0 spiro atoms. The average molecular weight is 282 g/mol. The summed E-state index contributed by atoms with van der Waals surface area (Å²) >= 11 is 5.81. The second-order valence-electron chi connectivity index (χ2n) is 3.60. The number of esters is 1. The maximum absolute atomic E-state index is 12.8. The number of carbonyl (C=O) groups excluding carboxylic acids is 1. The lowest BCUT2D eigenvalue weighted by molar-refractivity contribution is 0.0467.